The molecule has 94 valence electrons. The maximum atomic E-state index is 3.49. The van der Waals surface area contributed by atoms with E-state index >= 15 is 0 Å². The van der Waals surface area contributed by atoms with Gasteiger partial charge in [0.05, 0.1) is 0 Å². The van der Waals surface area contributed by atoms with Gasteiger partial charge >= 0.3 is 0 Å². The Morgan fingerprint density at radius 2 is 2.06 bits per heavy atom. The van der Waals surface area contributed by atoms with E-state index in [2.05, 4.69) is 29.1 Å². The average molecular weight is 225 g/mol. The van der Waals surface area contributed by atoms with Gasteiger partial charge in [-0.15, -0.1) is 0 Å². The van der Waals surface area contributed by atoms with E-state index in [4.69, 9.17) is 0 Å². The summed E-state index contributed by atoms with van der Waals surface area (Å²) >= 11 is 0. The second-order valence-electron chi connectivity index (χ2n) is 5.52. The molecular formula is C13H27N3. The summed E-state index contributed by atoms with van der Waals surface area (Å²) < 4.78 is 0. The van der Waals surface area contributed by atoms with Crippen molar-refractivity contribution < 1.29 is 0 Å². The molecule has 0 radical (unpaired) electrons. The average Bonchev–Trinajstić information content (AvgIpc) is 2.75. The first-order chi connectivity index (χ1) is 7.79. The number of likely N-dealkylation sites (N-methyl/N-ethyl adjacent to an activating group) is 1. The fourth-order valence-corrected chi connectivity index (χ4v) is 3.15. The van der Waals surface area contributed by atoms with Gasteiger partial charge in [-0.2, -0.15) is 0 Å². The smallest absolute Gasteiger partial charge is 0.0223 e. The second-order valence-corrected chi connectivity index (χ2v) is 5.52. The van der Waals surface area contributed by atoms with Crippen molar-refractivity contribution in [3.05, 3.63) is 0 Å². The topological polar surface area (TPSA) is 18.5 Å². The van der Waals surface area contributed by atoms with Crippen LogP contribution in [0.15, 0.2) is 0 Å². The minimum atomic E-state index is 0.838. The van der Waals surface area contributed by atoms with Crippen molar-refractivity contribution in [3.8, 4) is 0 Å². The summed E-state index contributed by atoms with van der Waals surface area (Å²) in [7, 11) is 2.26. The summed E-state index contributed by atoms with van der Waals surface area (Å²) in [5.41, 5.74) is 0. The van der Waals surface area contributed by atoms with E-state index in [1.54, 1.807) is 0 Å². The van der Waals surface area contributed by atoms with Gasteiger partial charge in [-0.25, -0.2) is 0 Å². The molecule has 2 fully saturated rings. The molecule has 0 aromatic carbocycles. The van der Waals surface area contributed by atoms with Gasteiger partial charge in [0.15, 0.2) is 0 Å². The molecule has 3 heteroatoms. The van der Waals surface area contributed by atoms with Crippen LogP contribution in [0.5, 0.6) is 0 Å². The van der Waals surface area contributed by atoms with E-state index in [0.717, 1.165) is 18.5 Å². The Labute approximate surface area is 100 Å². The monoisotopic (exact) mass is 225 g/mol. The molecule has 2 rings (SSSR count). The molecule has 2 aliphatic rings. The fraction of sp³-hybridized carbons (Fsp3) is 1.00. The molecule has 2 saturated heterocycles. The van der Waals surface area contributed by atoms with E-state index in [9.17, 15) is 0 Å². The Bertz CT molecular complexity index is 207. The van der Waals surface area contributed by atoms with E-state index in [1.807, 2.05) is 0 Å². The second kappa shape index (κ2) is 5.99. The Hall–Kier alpha value is -0.120. The number of hydrogen-bond donors (Lipinski definition) is 1. The highest BCUT2D eigenvalue weighted by Gasteiger charge is 2.29. The van der Waals surface area contributed by atoms with E-state index < -0.39 is 0 Å². The van der Waals surface area contributed by atoms with Gasteiger partial charge in [0.1, 0.15) is 0 Å². The lowest BCUT2D eigenvalue weighted by molar-refractivity contribution is 0.130. The number of hydrogen-bond acceptors (Lipinski definition) is 3. The highest BCUT2D eigenvalue weighted by molar-refractivity contribution is 4.85. The molecule has 0 amide bonds. The lowest BCUT2D eigenvalue weighted by Gasteiger charge is -2.35. The van der Waals surface area contributed by atoms with E-state index in [-0.39, 0.29) is 0 Å². The van der Waals surface area contributed by atoms with Crippen LogP contribution in [0, 0.1) is 5.92 Å². The molecule has 0 bridgehead atoms. The van der Waals surface area contributed by atoms with Gasteiger partial charge in [0.25, 0.3) is 0 Å². The number of nitrogens with zero attached hydrogens (tertiary/aromatic N) is 2. The van der Waals surface area contributed by atoms with Crippen molar-refractivity contribution >= 4 is 0 Å². The number of likely N-dealkylation sites (tertiary alicyclic amines) is 2. The van der Waals surface area contributed by atoms with Crippen LogP contribution in [0.3, 0.4) is 0 Å². The normalized spacial score (nSPS) is 33.4. The SMILES string of the molecule is CCNCC1CCN(C2CCCN(C)C2)C1. The third kappa shape index (κ3) is 3.19. The minimum Gasteiger partial charge on any atom is -0.317 e. The molecule has 16 heavy (non-hydrogen) atoms. The number of nitrogens with one attached hydrogen (secondary N) is 1. The van der Waals surface area contributed by atoms with Crippen LogP contribution in [0.1, 0.15) is 26.2 Å². The highest BCUT2D eigenvalue weighted by atomic mass is 15.2. The summed E-state index contributed by atoms with van der Waals surface area (Å²) in [6.45, 7) is 9.76. The minimum absolute atomic E-state index is 0.838. The van der Waals surface area contributed by atoms with Gasteiger partial charge in [-0.1, -0.05) is 6.92 Å². The summed E-state index contributed by atoms with van der Waals surface area (Å²) in [6.07, 6.45) is 4.20. The largest absolute Gasteiger partial charge is 0.317 e. The van der Waals surface area contributed by atoms with Gasteiger partial charge in [-0.3, -0.25) is 4.90 Å². The zero-order valence-electron chi connectivity index (χ0n) is 10.9. The van der Waals surface area contributed by atoms with Crippen LogP contribution >= 0.6 is 0 Å². The molecule has 2 atom stereocenters. The third-order valence-corrected chi connectivity index (χ3v) is 4.12. The summed E-state index contributed by atoms with van der Waals surface area (Å²) in [4.78, 5) is 5.23. The van der Waals surface area contributed by atoms with Crippen molar-refractivity contribution in [1.29, 1.82) is 0 Å². The lowest BCUT2D eigenvalue weighted by Crippen LogP contribution is -2.45. The standard InChI is InChI=1S/C13H27N3/c1-3-14-9-12-6-8-16(10-12)13-5-4-7-15(2)11-13/h12-14H,3-11H2,1-2H3. The zero-order chi connectivity index (χ0) is 11.4. The molecule has 1 N–H and O–H groups in total. The molecule has 2 unspecified atom stereocenters. The summed E-state index contributed by atoms with van der Waals surface area (Å²) in [5.74, 6) is 0.896. The Morgan fingerprint density at radius 3 is 2.81 bits per heavy atom. The predicted octanol–water partition coefficient (Wildman–Crippen LogP) is 1.01. The van der Waals surface area contributed by atoms with Crippen LogP contribution in [0.2, 0.25) is 0 Å². The third-order valence-electron chi connectivity index (χ3n) is 4.12. The van der Waals surface area contributed by atoms with Crippen LogP contribution in [0.25, 0.3) is 0 Å². The van der Waals surface area contributed by atoms with Gasteiger partial charge in [0, 0.05) is 19.1 Å². The molecule has 0 aromatic rings. The quantitative estimate of drug-likeness (QED) is 0.770. The summed E-state index contributed by atoms with van der Waals surface area (Å²) in [6, 6.07) is 0.838. The molecule has 0 spiro atoms. The molecular weight excluding hydrogens is 198 g/mol. The number of rotatable bonds is 4. The van der Waals surface area contributed by atoms with Crippen LogP contribution in [-0.4, -0.2) is 62.2 Å². The lowest BCUT2D eigenvalue weighted by atomic mass is 10.0. The van der Waals surface area contributed by atoms with Gasteiger partial charge < -0.3 is 10.2 Å². The van der Waals surface area contributed by atoms with E-state index in [0.29, 0.717) is 0 Å². The van der Waals surface area contributed by atoms with Crippen molar-refractivity contribution in [2.45, 2.75) is 32.2 Å². The molecule has 0 saturated carbocycles. The summed E-state index contributed by atoms with van der Waals surface area (Å²) in [5, 5.41) is 3.49. The van der Waals surface area contributed by atoms with Crippen molar-refractivity contribution in [2.75, 3.05) is 46.3 Å². The first-order valence-corrected chi connectivity index (χ1v) is 6.93. The Kier molecular flexibility index (Phi) is 4.62. The maximum Gasteiger partial charge on any atom is 0.0223 e. The van der Waals surface area contributed by atoms with Crippen LogP contribution in [-0.2, 0) is 0 Å². The molecule has 0 aliphatic carbocycles. The first-order valence-electron chi connectivity index (χ1n) is 6.93. The Balaban J connectivity index is 1.74. The zero-order valence-corrected chi connectivity index (χ0v) is 10.9. The van der Waals surface area contributed by atoms with Gasteiger partial charge in [0.2, 0.25) is 0 Å². The van der Waals surface area contributed by atoms with Gasteiger partial charge in [-0.05, 0) is 58.4 Å². The highest BCUT2D eigenvalue weighted by Crippen LogP contribution is 2.22. The van der Waals surface area contributed by atoms with E-state index in [1.165, 1.54) is 52.0 Å². The predicted molar refractivity (Wildman–Crippen MR) is 68.7 cm³/mol. The van der Waals surface area contributed by atoms with Crippen molar-refractivity contribution in [3.63, 3.8) is 0 Å². The molecule has 2 aliphatic heterocycles. The Morgan fingerprint density at radius 1 is 1.19 bits per heavy atom. The van der Waals surface area contributed by atoms with Crippen LogP contribution in [0.4, 0.5) is 0 Å². The van der Waals surface area contributed by atoms with Crippen molar-refractivity contribution in [2.24, 2.45) is 5.92 Å². The fourth-order valence-electron chi connectivity index (χ4n) is 3.15. The first kappa shape index (κ1) is 12.3. The van der Waals surface area contributed by atoms with Crippen LogP contribution < -0.4 is 5.32 Å². The molecule has 2 heterocycles. The van der Waals surface area contributed by atoms with Crippen molar-refractivity contribution in [1.82, 2.24) is 15.1 Å². The number of piperidine rings is 1. The molecule has 3 nitrogen and oxygen atoms in total. The maximum absolute atomic E-state index is 3.49. The molecule has 0 aromatic heterocycles.